The average molecular weight is 269 g/mol. The first kappa shape index (κ1) is 15.8. The van der Waals surface area contributed by atoms with Crippen molar-refractivity contribution in [1.82, 2.24) is 5.32 Å². The molecule has 0 aromatic heterocycles. The molecule has 0 aliphatic heterocycles. The number of aliphatic hydroxyl groups is 1. The SMILES string of the molecule is COc1ccc(OC)c(C(C)NCCOCCO)c1. The summed E-state index contributed by atoms with van der Waals surface area (Å²) in [5.41, 5.74) is 1.05. The predicted octanol–water partition coefficient (Wildman–Crippen LogP) is 1.36. The van der Waals surface area contributed by atoms with Crippen LogP contribution in [-0.4, -0.2) is 45.7 Å². The van der Waals surface area contributed by atoms with Gasteiger partial charge in [0, 0.05) is 18.2 Å². The van der Waals surface area contributed by atoms with Gasteiger partial charge in [0.05, 0.1) is 34.0 Å². The molecule has 0 amide bonds. The van der Waals surface area contributed by atoms with Gasteiger partial charge in [-0.3, -0.25) is 0 Å². The molecule has 0 heterocycles. The van der Waals surface area contributed by atoms with E-state index in [1.54, 1.807) is 14.2 Å². The maximum atomic E-state index is 8.60. The second-order valence-corrected chi connectivity index (χ2v) is 4.12. The lowest BCUT2D eigenvalue weighted by atomic mass is 10.1. The van der Waals surface area contributed by atoms with Crippen LogP contribution in [0.3, 0.4) is 0 Å². The number of aliphatic hydroxyl groups excluding tert-OH is 1. The molecule has 5 nitrogen and oxygen atoms in total. The Kier molecular flexibility index (Phi) is 7.25. The topological polar surface area (TPSA) is 60.0 Å². The molecule has 0 aliphatic carbocycles. The van der Waals surface area contributed by atoms with E-state index in [0.717, 1.165) is 17.1 Å². The van der Waals surface area contributed by atoms with Gasteiger partial charge in [-0.15, -0.1) is 0 Å². The number of methoxy groups -OCH3 is 2. The fourth-order valence-electron chi connectivity index (χ4n) is 1.80. The first-order chi connectivity index (χ1) is 9.22. The van der Waals surface area contributed by atoms with Gasteiger partial charge in [-0.05, 0) is 25.1 Å². The Morgan fingerprint density at radius 2 is 2.00 bits per heavy atom. The third-order valence-corrected chi connectivity index (χ3v) is 2.84. The molecule has 1 unspecified atom stereocenters. The molecule has 0 aliphatic rings. The summed E-state index contributed by atoms with van der Waals surface area (Å²) >= 11 is 0. The van der Waals surface area contributed by atoms with Crippen molar-refractivity contribution in [1.29, 1.82) is 0 Å². The van der Waals surface area contributed by atoms with E-state index in [4.69, 9.17) is 19.3 Å². The molecule has 0 spiro atoms. The fraction of sp³-hybridized carbons (Fsp3) is 0.571. The molecular weight excluding hydrogens is 246 g/mol. The molecular formula is C14H23NO4. The van der Waals surface area contributed by atoms with E-state index in [-0.39, 0.29) is 12.6 Å². The monoisotopic (exact) mass is 269 g/mol. The summed E-state index contributed by atoms with van der Waals surface area (Å²) in [6, 6.07) is 5.86. The fourth-order valence-corrected chi connectivity index (χ4v) is 1.80. The van der Waals surface area contributed by atoms with Crippen molar-refractivity contribution < 1.29 is 19.3 Å². The third-order valence-electron chi connectivity index (χ3n) is 2.84. The third kappa shape index (κ3) is 5.06. The largest absolute Gasteiger partial charge is 0.497 e. The minimum atomic E-state index is 0.0548. The minimum absolute atomic E-state index is 0.0548. The second kappa shape index (κ2) is 8.74. The molecule has 1 atom stereocenters. The molecule has 1 aromatic carbocycles. The lowest BCUT2D eigenvalue weighted by Crippen LogP contribution is -2.24. The van der Waals surface area contributed by atoms with Crippen LogP contribution in [0, 0.1) is 0 Å². The van der Waals surface area contributed by atoms with Crippen molar-refractivity contribution in [2.24, 2.45) is 0 Å². The second-order valence-electron chi connectivity index (χ2n) is 4.12. The lowest BCUT2D eigenvalue weighted by molar-refractivity contribution is 0.0928. The highest BCUT2D eigenvalue weighted by molar-refractivity contribution is 5.42. The van der Waals surface area contributed by atoms with Gasteiger partial charge < -0.3 is 24.6 Å². The van der Waals surface area contributed by atoms with Crippen LogP contribution in [0.2, 0.25) is 0 Å². The molecule has 5 heteroatoms. The standard InChI is InChI=1S/C14H23NO4/c1-11(15-6-8-19-9-7-16)13-10-12(17-2)4-5-14(13)18-3/h4-5,10-11,15-16H,6-9H2,1-3H3. The molecule has 2 N–H and O–H groups in total. The molecule has 0 radical (unpaired) electrons. The Bertz CT molecular complexity index is 370. The van der Waals surface area contributed by atoms with Gasteiger partial charge in [0.25, 0.3) is 0 Å². The summed E-state index contributed by atoms with van der Waals surface area (Å²) in [7, 11) is 3.30. The van der Waals surface area contributed by atoms with Crippen molar-refractivity contribution in [2.45, 2.75) is 13.0 Å². The zero-order valence-corrected chi connectivity index (χ0v) is 11.8. The van der Waals surface area contributed by atoms with Crippen LogP contribution in [0.25, 0.3) is 0 Å². The molecule has 19 heavy (non-hydrogen) atoms. The summed E-state index contributed by atoms with van der Waals surface area (Å²) in [4.78, 5) is 0. The molecule has 0 saturated carbocycles. The molecule has 0 fully saturated rings. The van der Waals surface area contributed by atoms with Gasteiger partial charge in [-0.2, -0.15) is 0 Å². The first-order valence-electron chi connectivity index (χ1n) is 6.36. The zero-order valence-electron chi connectivity index (χ0n) is 11.8. The molecule has 0 saturated heterocycles. The highest BCUT2D eigenvalue weighted by Gasteiger charge is 2.12. The Labute approximate surface area is 114 Å². The maximum absolute atomic E-state index is 8.60. The normalized spacial score (nSPS) is 12.2. The zero-order chi connectivity index (χ0) is 14.1. The number of benzene rings is 1. The van der Waals surface area contributed by atoms with Crippen LogP contribution >= 0.6 is 0 Å². The van der Waals surface area contributed by atoms with E-state index in [9.17, 15) is 0 Å². The first-order valence-corrected chi connectivity index (χ1v) is 6.36. The van der Waals surface area contributed by atoms with Gasteiger partial charge in [-0.25, -0.2) is 0 Å². The van der Waals surface area contributed by atoms with Crippen LogP contribution in [0.15, 0.2) is 18.2 Å². The van der Waals surface area contributed by atoms with Gasteiger partial charge in [0.1, 0.15) is 11.5 Å². The van der Waals surface area contributed by atoms with Crippen LogP contribution < -0.4 is 14.8 Å². The number of rotatable bonds is 9. The van der Waals surface area contributed by atoms with Gasteiger partial charge in [-0.1, -0.05) is 0 Å². The average Bonchev–Trinajstić information content (AvgIpc) is 2.46. The van der Waals surface area contributed by atoms with E-state index in [2.05, 4.69) is 12.2 Å². The molecule has 1 rings (SSSR count). The van der Waals surface area contributed by atoms with E-state index in [0.29, 0.717) is 19.8 Å². The van der Waals surface area contributed by atoms with Gasteiger partial charge >= 0.3 is 0 Å². The summed E-state index contributed by atoms with van der Waals surface area (Å²) in [5.74, 6) is 1.64. The van der Waals surface area contributed by atoms with Crippen molar-refractivity contribution in [3.63, 3.8) is 0 Å². The Morgan fingerprint density at radius 1 is 1.21 bits per heavy atom. The number of hydrogen-bond acceptors (Lipinski definition) is 5. The summed E-state index contributed by atoms with van der Waals surface area (Å²) < 4.78 is 15.8. The van der Waals surface area contributed by atoms with E-state index in [1.807, 2.05) is 18.2 Å². The quantitative estimate of drug-likeness (QED) is 0.663. The lowest BCUT2D eigenvalue weighted by Gasteiger charge is -2.18. The number of hydrogen-bond donors (Lipinski definition) is 2. The Morgan fingerprint density at radius 3 is 2.63 bits per heavy atom. The number of ether oxygens (including phenoxy) is 3. The van der Waals surface area contributed by atoms with E-state index >= 15 is 0 Å². The van der Waals surface area contributed by atoms with Crippen molar-refractivity contribution in [3.05, 3.63) is 23.8 Å². The van der Waals surface area contributed by atoms with Gasteiger partial charge in [0.2, 0.25) is 0 Å². The highest BCUT2D eigenvalue weighted by Crippen LogP contribution is 2.28. The van der Waals surface area contributed by atoms with Gasteiger partial charge in [0.15, 0.2) is 0 Å². The number of nitrogens with one attached hydrogen (secondary N) is 1. The van der Waals surface area contributed by atoms with Crippen molar-refractivity contribution >= 4 is 0 Å². The van der Waals surface area contributed by atoms with Crippen molar-refractivity contribution in [3.8, 4) is 11.5 Å². The Balaban J connectivity index is 2.56. The van der Waals surface area contributed by atoms with Crippen molar-refractivity contribution in [2.75, 3.05) is 40.6 Å². The van der Waals surface area contributed by atoms with Crippen LogP contribution in [0.5, 0.6) is 11.5 Å². The molecule has 0 bridgehead atoms. The van der Waals surface area contributed by atoms with Crippen LogP contribution in [0.4, 0.5) is 0 Å². The minimum Gasteiger partial charge on any atom is -0.497 e. The van der Waals surface area contributed by atoms with E-state index in [1.165, 1.54) is 0 Å². The smallest absolute Gasteiger partial charge is 0.123 e. The van der Waals surface area contributed by atoms with Crippen LogP contribution in [-0.2, 0) is 4.74 Å². The molecule has 108 valence electrons. The van der Waals surface area contributed by atoms with Crippen LogP contribution in [0.1, 0.15) is 18.5 Å². The summed E-state index contributed by atoms with van der Waals surface area (Å²) in [6.45, 7) is 3.76. The molecule has 1 aromatic rings. The Hall–Kier alpha value is -1.30. The predicted molar refractivity (Wildman–Crippen MR) is 73.9 cm³/mol. The summed E-state index contributed by atoms with van der Waals surface area (Å²) in [6.07, 6.45) is 0. The van der Waals surface area contributed by atoms with E-state index < -0.39 is 0 Å². The maximum Gasteiger partial charge on any atom is 0.123 e. The highest BCUT2D eigenvalue weighted by atomic mass is 16.5. The summed E-state index contributed by atoms with van der Waals surface area (Å²) in [5, 5.41) is 11.9.